The first-order chi connectivity index (χ1) is 11.5. The largest absolute Gasteiger partial charge is 0.366 e. The standard InChI is InChI=1S/C16H19N3O5/c20-15(17-11-4-6-12(7-5-11)19(22)23)9-14-16(21)18-8-2-1-3-13(18)10-24-14/h4-7,13-14H,1-3,8-10H2,(H,17,20)/t13-,14+/m0/s1. The van der Waals surface area contributed by atoms with Crippen LogP contribution in [0.2, 0.25) is 0 Å². The first-order valence-electron chi connectivity index (χ1n) is 8.01. The Balaban J connectivity index is 1.56. The molecular formula is C16H19N3O5. The number of nitro benzene ring substituents is 1. The second-order valence-electron chi connectivity index (χ2n) is 6.06. The van der Waals surface area contributed by atoms with Crippen LogP contribution in [0, 0.1) is 10.1 Å². The molecule has 0 radical (unpaired) electrons. The van der Waals surface area contributed by atoms with Gasteiger partial charge in [-0.1, -0.05) is 0 Å². The van der Waals surface area contributed by atoms with Crippen LogP contribution in [0.15, 0.2) is 24.3 Å². The first kappa shape index (κ1) is 16.4. The lowest BCUT2D eigenvalue weighted by Crippen LogP contribution is -2.56. The number of hydrogen-bond donors (Lipinski definition) is 1. The number of fused-ring (bicyclic) bond motifs is 1. The van der Waals surface area contributed by atoms with Gasteiger partial charge in [0.1, 0.15) is 6.10 Å². The van der Waals surface area contributed by atoms with Crippen molar-refractivity contribution in [2.45, 2.75) is 37.8 Å². The third kappa shape index (κ3) is 3.53. The minimum Gasteiger partial charge on any atom is -0.366 e. The molecule has 2 aliphatic heterocycles. The van der Waals surface area contributed by atoms with E-state index in [4.69, 9.17) is 4.74 Å². The van der Waals surface area contributed by atoms with Gasteiger partial charge in [-0.05, 0) is 31.4 Å². The van der Waals surface area contributed by atoms with E-state index in [0.29, 0.717) is 12.3 Å². The summed E-state index contributed by atoms with van der Waals surface area (Å²) in [6.07, 6.45) is 2.23. The number of piperidine rings is 1. The molecule has 0 aromatic heterocycles. The third-order valence-electron chi connectivity index (χ3n) is 4.41. The Morgan fingerprint density at radius 3 is 2.79 bits per heavy atom. The predicted molar refractivity (Wildman–Crippen MR) is 85.4 cm³/mol. The number of hydrogen-bond acceptors (Lipinski definition) is 5. The summed E-state index contributed by atoms with van der Waals surface area (Å²) in [7, 11) is 0. The number of anilines is 1. The van der Waals surface area contributed by atoms with Gasteiger partial charge in [0.05, 0.1) is 24.0 Å². The van der Waals surface area contributed by atoms with Gasteiger partial charge in [0.25, 0.3) is 11.6 Å². The topological polar surface area (TPSA) is 102 Å². The second-order valence-corrected chi connectivity index (χ2v) is 6.06. The van der Waals surface area contributed by atoms with E-state index in [1.807, 2.05) is 4.90 Å². The molecule has 0 aliphatic carbocycles. The van der Waals surface area contributed by atoms with Crippen LogP contribution in [-0.4, -0.2) is 46.9 Å². The Labute approximate surface area is 138 Å². The fourth-order valence-corrected chi connectivity index (χ4v) is 3.14. The van der Waals surface area contributed by atoms with Crippen molar-refractivity contribution in [1.82, 2.24) is 4.90 Å². The molecule has 2 fully saturated rings. The van der Waals surface area contributed by atoms with Crippen LogP contribution in [-0.2, 0) is 14.3 Å². The summed E-state index contributed by atoms with van der Waals surface area (Å²) < 4.78 is 5.58. The van der Waals surface area contributed by atoms with E-state index < -0.39 is 11.0 Å². The van der Waals surface area contributed by atoms with Crippen LogP contribution in [0.5, 0.6) is 0 Å². The summed E-state index contributed by atoms with van der Waals surface area (Å²) in [5, 5.41) is 13.2. The van der Waals surface area contributed by atoms with Gasteiger partial charge in [-0.25, -0.2) is 0 Å². The number of amides is 2. The maximum atomic E-state index is 12.4. The highest BCUT2D eigenvalue weighted by molar-refractivity contribution is 5.95. The number of carbonyl (C=O) groups excluding carboxylic acids is 2. The Bertz CT molecular complexity index is 646. The number of ether oxygens (including phenoxy) is 1. The summed E-state index contributed by atoms with van der Waals surface area (Å²) in [6.45, 7) is 1.20. The predicted octanol–water partition coefficient (Wildman–Crippen LogP) is 1.70. The number of nitrogens with one attached hydrogen (secondary N) is 1. The molecular weight excluding hydrogens is 314 g/mol. The molecule has 0 saturated carbocycles. The van der Waals surface area contributed by atoms with Crippen molar-refractivity contribution in [1.29, 1.82) is 0 Å². The minimum absolute atomic E-state index is 0.0464. The molecule has 2 saturated heterocycles. The van der Waals surface area contributed by atoms with E-state index >= 15 is 0 Å². The van der Waals surface area contributed by atoms with E-state index in [0.717, 1.165) is 25.8 Å². The summed E-state index contributed by atoms with van der Waals surface area (Å²) in [4.78, 5) is 36.5. The van der Waals surface area contributed by atoms with Gasteiger partial charge in [-0.3, -0.25) is 19.7 Å². The number of nitrogens with zero attached hydrogens (tertiary/aromatic N) is 2. The van der Waals surface area contributed by atoms with Crippen molar-refractivity contribution in [2.24, 2.45) is 0 Å². The van der Waals surface area contributed by atoms with Crippen molar-refractivity contribution < 1.29 is 19.2 Å². The number of non-ortho nitro benzene ring substituents is 1. The molecule has 8 heteroatoms. The number of nitro groups is 1. The highest BCUT2D eigenvalue weighted by Gasteiger charge is 2.38. The summed E-state index contributed by atoms with van der Waals surface area (Å²) >= 11 is 0. The van der Waals surface area contributed by atoms with Gasteiger partial charge >= 0.3 is 0 Å². The van der Waals surface area contributed by atoms with E-state index in [2.05, 4.69) is 5.32 Å². The average molecular weight is 333 g/mol. The van der Waals surface area contributed by atoms with Crippen LogP contribution in [0.25, 0.3) is 0 Å². The van der Waals surface area contributed by atoms with E-state index in [1.54, 1.807) is 0 Å². The van der Waals surface area contributed by atoms with Crippen molar-refractivity contribution in [3.05, 3.63) is 34.4 Å². The molecule has 2 amide bonds. The highest BCUT2D eigenvalue weighted by atomic mass is 16.6. The van der Waals surface area contributed by atoms with Gasteiger partial charge in [0.2, 0.25) is 5.91 Å². The van der Waals surface area contributed by atoms with E-state index in [-0.39, 0.29) is 30.0 Å². The fraction of sp³-hybridized carbons (Fsp3) is 0.500. The zero-order valence-electron chi connectivity index (χ0n) is 13.1. The molecule has 2 heterocycles. The van der Waals surface area contributed by atoms with E-state index in [1.165, 1.54) is 24.3 Å². The molecule has 128 valence electrons. The monoisotopic (exact) mass is 333 g/mol. The van der Waals surface area contributed by atoms with Crippen LogP contribution in [0.1, 0.15) is 25.7 Å². The molecule has 2 aliphatic rings. The van der Waals surface area contributed by atoms with Gasteiger partial charge in [0.15, 0.2) is 0 Å². The smallest absolute Gasteiger partial charge is 0.269 e. The summed E-state index contributed by atoms with van der Waals surface area (Å²) in [6, 6.07) is 5.69. The Morgan fingerprint density at radius 1 is 1.33 bits per heavy atom. The molecule has 24 heavy (non-hydrogen) atoms. The van der Waals surface area contributed by atoms with Crippen LogP contribution < -0.4 is 5.32 Å². The molecule has 1 N–H and O–H groups in total. The highest BCUT2D eigenvalue weighted by Crippen LogP contribution is 2.24. The van der Waals surface area contributed by atoms with Crippen LogP contribution in [0.3, 0.4) is 0 Å². The van der Waals surface area contributed by atoms with Crippen molar-refractivity contribution >= 4 is 23.2 Å². The van der Waals surface area contributed by atoms with Gasteiger partial charge in [-0.15, -0.1) is 0 Å². The molecule has 3 rings (SSSR count). The quantitative estimate of drug-likeness (QED) is 0.667. The number of morpholine rings is 1. The van der Waals surface area contributed by atoms with Crippen LogP contribution in [0.4, 0.5) is 11.4 Å². The first-order valence-corrected chi connectivity index (χ1v) is 8.01. The number of benzene rings is 1. The number of carbonyl (C=O) groups is 2. The van der Waals surface area contributed by atoms with Gasteiger partial charge < -0.3 is 15.0 Å². The second kappa shape index (κ2) is 6.96. The van der Waals surface area contributed by atoms with Crippen molar-refractivity contribution in [3.63, 3.8) is 0 Å². The number of rotatable bonds is 4. The molecule has 2 atom stereocenters. The maximum Gasteiger partial charge on any atom is 0.269 e. The zero-order valence-corrected chi connectivity index (χ0v) is 13.1. The van der Waals surface area contributed by atoms with Gasteiger partial charge in [0, 0.05) is 24.4 Å². The normalized spacial score (nSPS) is 23.5. The molecule has 0 bridgehead atoms. The SMILES string of the molecule is O=C(C[C@H]1OC[C@@H]2CCCCN2C1=O)Nc1ccc([N+](=O)[O-])cc1. The van der Waals surface area contributed by atoms with E-state index in [9.17, 15) is 19.7 Å². The van der Waals surface area contributed by atoms with Crippen molar-refractivity contribution in [2.75, 3.05) is 18.5 Å². The van der Waals surface area contributed by atoms with Gasteiger partial charge in [-0.2, -0.15) is 0 Å². The minimum atomic E-state index is -0.752. The fourth-order valence-electron chi connectivity index (χ4n) is 3.14. The zero-order chi connectivity index (χ0) is 17.1. The molecule has 1 aromatic rings. The molecule has 0 spiro atoms. The Kier molecular flexibility index (Phi) is 4.75. The lowest BCUT2D eigenvalue weighted by atomic mass is 9.99. The average Bonchev–Trinajstić information content (AvgIpc) is 2.58. The Hall–Kier alpha value is -2.48. The maximum absolute atomic E-state index is 12.4. The summed E-state index contributed by atoms with van der Waals surface area (Å²) in [5.41, 5.74) is 0.402. The molecule has 1 aromatic carbocycles. The summed E-state index contributed by atoms with van der Waals surface area (Å²) in [5.74, 6) is -0.470. The molecule has 8 nitrogen and oxygen atoms in total. The third-order valence-corrected chi connectivity index (χ3v) is 4.41. The van der Waals surface area contributed by atoms with Crippen LogP contribution >= 0.6 is 0 Å². The van der Waals surface area contributed by atoms with Crippen molar-refractivity contribution in [3.8, 4) is 0 Å². The molecule has 0 unspecified atom stereocenters. The Morgan fingerprint density at radius 2 is 2.08 bits per heavy atom. The lowest BCUT2D eigenvalue weighted by Gasteiger charge is -2.41. The lowest BCUT2D eigenvalue weighted by molar-refractivity contribution is -0.384.